The van der Waals surface area contributed by atoms with Gasteiger partial charge in [-0.05, 0) is 38.9 Å². The maximum absolute atomic E-state index is 5.27. The maximum Gasteiger partial charge on any atom is 0.179 e. The van der Waals surface area contributed by atoms with Crippen molar-refractivity contribution in [1.82, 2.24) is 9.97 Å². The molecule has 43 heavy (non-hydrogen) atoms. The van der Waals surface area contributed by atoms with Gasteiger partial charge in [0.15, 0.2) is 8.07 Å². The largest absolute Gasteiger partial charge is 0.256 e. The minimum Gasteiger partial charge on any atom is -0.256 e. The van der Waals surface area contributed by atoms with E-state index in [1.807, 2.05) is 12.3 Å². The van der Waals surface area contributed by atoms with E-state index in [4.69, 9.17) is 9.97 Å². The summed E-state index contributed by atoms with van der Waals surface area (Å²) >= 11 is 0. The Morgan fingerprint density at radius 1 is 0.349 bits per heavy atom. The van der Waals surface area contributed by atoms with Gasteiger partial charge >= 0.3 is 0 Å². The lowest BCUT2D eigenvalue weighted by atomic mass is 9.99. The molecule has 0 N–H and O–H groups in total. The zero-order chi connectivity index (χ0) is 28.6. The Labute approximate surface area is 252 Å². The lowest BCUT2D eigenvalue weighted by molar-refractivity contribution is 1.40. The van der Waals surface area contributed by atoms with Crippen LogP contribution in [-0.2, 0) is 0 Å². The van der Waals surface area contributed by atoms with Crippen LogP contribution in [0.25, 0.3) is 43.8 Å². The van der Waals surface area contributed by atoms with Crippen LogP contribution in [0.5, 0.6) is 0 Å². The van der Waals surface area contributed by atoms with Crippen LogP contribution in [0.1, 0.15) is 0 Å². The zero-order valence-electron chi connectivity index (χ0n) is 23.6. The molecule has 0 aliphatic rings. The summed E-state index contributed by atoms with van der Waals surface area (Å²) in [4.78, 5) is 10.00. The van der Waals surface area contributed by atoms with Crippen LogP contribution in [0, 0.1) is 0 Å². The van der Waals surface area contributed by atoms with Crippen molar-refractivity contribution in [2.75, 3.05) is 0 Å². The molecular formula is C40H28N2Si. The highest BCUT2D eigenvalue weighted by Gasteiger charge is 2.41. The lowest BCUT2D eigenvalue weighted by Crippen LogP contribution is -2.74. The first-order valence-corrected chi connectivity index (χ1v) is 16.7. The highest BCUT2D eigenvalue weighted by Crippen LogP contribution is 2.34. The number of benzene rings is 6. The van der Waals surface area contributed by atoms with Gasteiger partial charge in [0.1, 0.15) is 0 Å². The smallest absolute Gasteiger partial charge is 0.179 e. The number of nitrogens with zero attached hydrogens (tertiary/aromatic N) is 2. The molecule has 0 amide bonds. The van der Waals surface area contributed by atoms with E-state index in [0.29, 0.717) is 0 Å². The molecule has 0 saturated heterocycles. The van der Waals surface area contributed by atoms with E-state index in [1.54, 1.807) is 0 Å². The number of pyridine rings is 2. The van der Waals surface area contributed by atoms with Crippen molar-refractivity contribution in [2.24, 2.45) is 0 Å². The predicted octanol–water partition coefficient (Wildman–Crippen LogP) is 6.98. The van der Waals surface area contributed by atoms with Crippen molar-refractivity contribution >= 4 is 61.4 Å². The molecule has 2 aromatic heterocycles. The minimum atomic E-state index is -2.56. The molecule has 3 heteroatoms. The maximum atomic E-state index is 5.27. The van der Waals surface area contributed by atoms with Gasteiger partial charge in [0.2, 0.25) is 0 Å². The van der Waals surface area contributed by atoms with Crippen molar-refractivity contribution in [3.63, 3.8) is 0 Å². The molecule has 0 aliphatic heterocycles. The van der Waals surface area contributed by atoms with Crippen molar-refractivity contribution in [3.05, 3.63) is 170 Å². The lowest BCUT2D eigenvalue weighted by Gasteiger charge is -2.34. The van der Waals surface area contributed by atoms with E-state index in [2.05, 4.69) is 158 Å². The van der Waals surface area contributed by atoms with Crippen LogP contribution < -0.4 is 20.7 Å². The molecule has 0 spiro atoms. The van der Waals surface area contributed by atoms with Gasteiger partial charge in [0.25, 0.3) is 0 Å². The number of hydrogen-bond donors (Lipinski definition) is 0. The molecule has 0 bridgehead atoms. The predicted molar refractivity (Wildman–Crippen MR) is 184 cm³/mol. The molecule has 0 saturated carbocycles. The van der Waals surface area contributed by atoms with E-state index >= 15 is 0 Å². The Bertz CT molecular complexity index is 2080. The number of fused-ring (bicyclic) bond motifs is 6. The third kappa shape index (κ3) is 4.09. The Kier molecular flexibility index (Phi) is 6.17. The average Bonchev–Trinajstić information content (AvgIpc) is 3.10. The normalized spacial score (nSPS) is 11.7. The van der Waals surface area contributed by atoms with E-state index in [0.717, 1.165) is 43.8 Å². The molecule has 202 valence electrons. The highest BCUT2D eigenvalue weighted by atomic mass is 28.3. The molecule has 8 rings (SSSR count). The van der Waals surface area contributed by atoms with Gasteiger partial charge in [0, 0.05) is 33.3 Å². The quantitative estimate of drug-likeness (QED) is 0.128. The first-order valence-electron chi connectivity index (χ1n) is 14.7. The first-order chi connectivity index (χ1) is 21.3. The SMILES string of the molecule is c1ccc([Si](c2ccccc2)(c2ccccc2)c2ccc(-c3ccc4c5cccnc5c5ccccc5c4n3)cc2)cc1. The molecule has 0 fully saturated rings. The summed E-state index contributed by atoms with van der Waals surface area (Å²) in [5, 5.41) is 9.99. The Hall–Kier alpha value is -5.38. The molecule has 0 radical (unpaired) electrons. The number of rotatable bonds is 5. The standard InChI is InChI=1S/C40H28N2Si/c1-4-13-30(14-5-1)43(31-15-6-2-7-16-31,32-17-8-3-9-18-32)33-24-22-29(23-25-33)38-27-26-37-35-21-12-28-41-39(35)34-19-10-11-20-36(34)40(37)42-38/h1-28H. The summed E-state index contributed by atoms with van der Waals surface area (Å²) in [5.41, 5.74) is 4.12. The second kappa shape index (κ2) is 10.5. The fraction of sp³-hybridized carbons (Fsp3) is 0. The second-order valence-electron chi connectivity index (χ2n) is 11.0. The zero-order valence-corrected chi connectivity index (χ0v) is 24.6. The second-order valence-corrected chi connectivity index (χ2v) is 14.8. The van der Waals surface area contributed by atoms with Crippen LogP contribution in [0.3, 0.4) is 0 Å². The van der Waals surface area contributed by atoms with Gasteiger partial charge in [-0.1, -0.05) is 146 Å². The monoisotopic (exact) mass is 564 g/mol. The highest BCUT2D eigenvalue weighted by molar-refractivity contribution is 7.19. The van der Waals surface area contributed by atoms with Crippen LogP contribution in [-0.4, -0.2) is 18.0 Å². The van der Waals surface area contributed by atoms with E-state index < -0.39 is 8.07 Å². The summed E-state index contributed by atoms with van der Waals surface area (Å²) in [6.45, 7) is 0. The van der Waals surface area contributed by atoms with Crippen LogP contribution in [0.2, 0.25) is 0 Å². The van der Waals surface area contributed by atoms with Gasteiger partial charge < -0.3 is 0 Å². The van der Waals surface area contributed by atoms with Crippen molar-refractivity contribution in [2.45, 2.75) is 0 Å². The van der Waals surface area contributed by atoms with E-state index in [9.17, 15) is 0 Å². The van der Waals surface area contributed by atoms with Crippen molar-refractivity contribution in [1.29, 1.82) is 0 Å². The fourth-order valence-electron chi connectivity index (χ4n) is 6.73. The van der Waals surface area contributed by atoms with Crippen LogP contribution in [0.4, 0.5) is 0 Å². The van der Waals surface area contributed by atoms with E-state index in [1.165, 1.54) is 20.7 Å². The first kappa shape index (κ1) is 25.3. The van der Waals surface area contributed by atoms with Crippen LogP contribution >= 0.6 is 0 Å². The van der Waals surface area contributed by atoms with Gasteiger partial charge in [-0.3, -0.25) is 4.98 Å². The Balaban J connectivity index is 1.33. The molecule has 6 aromatic carbocycles. The molecule has 2 heterocycles. The molecule has 0 unspecified atom stereocenters. The van der Waals surface area contributed by atoms with Gasteiger partial charge in [-0.15, -0.1) is 0 Å². The third-order valence-corrected chi connectivity index (χ3v) is 13.5. The van der Waals surface area contributed by atoms with Gasteiger partial charge in [0.05, 0.1) is 16.7 Å². The fourth-order valence-corrected chi connectivity index (χ4v) is 11.5. The van der Waals surface area contributed by atoms with Crippen LogP contribution in [0.15, 0.2) is 170 Å². The number of hydrogen-bond acceptors (Lipinski definition) is 2. The topological polar surface area (TPSA) is 25.8 Å². The third-order valence-electron chi connectivity index (χ3n) is 8.66. The molecule has 2 nitrogen and oxygen atoms in total. The Morgan fingerprint density at radius 2 is 0.791 bits per heavy atom. The number of aromatic nitrogens is 2. The summed E-state index contributed by atoms with van der Waals surface area (Å²) in [6, 6.07) is 59.3. The molecule has 0 aliphatic carbocycles. The summed E-state index contributed by atoms with van der Waals surface area (Å²) in [6.07, 6.45) is 1.87. The van der Waals surface area contributed by atoms with Crippen molar-refractivity contribution in [3.8, 4) is 11.3 Å². The van der Waals surface area contributed by atoms with Gasteiger partial charge in [-0.25, -0.2) is 4.98 Å². The molecule has 8 aromatic rings. The van der Waals surface area contributed by atoms with Gasteiger partial charge in [-0.2, -0.15) is 0 Å². The molecular weight excluding hydrogens is 537 g/mol. The summed E-state index contributed by atoms with van der Waals surface area (Å²) in [7, 11) is -2.56. The van der Waals surface area contributed by atoms with E-state index in [-0.39, 0.29) is 0 Å². The Morgan fingerprint density at radius 3 is 1.35 bits per heavy atom. The molecule has 0 atom stereocenters. The average molecular weight is 565 g/mol. The summed E-state index contributed by atoms with van der Waals surface area (Å²) in [5.74, 6) is 0. The summed E-state index contributed by atoms with van der Waals surface area (Å²) < 4.78 is 0. The minimum absolute atomic E-state index is 0.971. The van der Waals surface area contributed by atoms with Crippen molar-refractivity contribution < 1.29 is 0 Å².